The maximum Gasteiger partial charge on any atom is 0.253 e. The summed E-state index contributed by atoms with van der Waals surface area (Å²) in [7, 11) is 0. The number of amides is 2. The number of carbonyl (C=O) groups is 2. The van der Waals surface area contributed by atoms with E-state index in [-0.39, 0.29) is 17.7 Å². The average Bonchev–Trinajstić information content (AvgIpc) is 2.74. The van der Waals surface area contributed by atoms with Crippen molar-refractivity contribution in [1.29, 1.82) is 0 Å². The molecule has 6 heteroatoms. The molecule has 1 atom stereocenters. The topological polar surface area (TPSA) is 62.3 Å². The first-order valence-electron chi connectivity index (χ1n) is 9.31. The summed E-state index contributed by atoms with van der Waals surface area (Å²) in [6.45, 7) is 1.07. The maximum atomic E-state index is 12.8. The van der Waals surface area contributed by atoms with Gasteiger partial charge in [0.15, 0.2) is 0 Å². The third kappa shape index (κ3) is 3.99. The standard InChI is InChI=1S/C22H20ClN3O2/c23-18-9-7-15(8-10-18)22(28)26-11-3-5-17(14-26)21(27)25-19-12-16-4-1-2-6-20(16)24-13-19/h1-2,4,6-10,12-13,17H,3,5,11,14H2,(H,25,27). The van der Waals surface area contributed by atoms with Crippen molar-refractivity contribution in [1.82, 2.24) is 9.88 Å². The second-order valence-electron chi connectivity index (χ2n) is 7.00. The van der Waals surface area contributed by atoms with Gasteiger partial charge in [0, 0.05) is 29.1 Å². The lowest BCUT2D eigenvalue weighted by Crippen LogP contribution is -2.43. The van der Waals surface area contributed by atoms with Crippen molar-refractivity contribution in [3.8, 4) is 0 Å². The predicted octanol–water partition coefficient (Wildman–Crippen LogP) is 4.38. The number of fused-ring (bicyclic) bond motifs is 1. The molecule has 0 saturated carbocycles. The number of halogens is 1. The van der Waals surface area contributed by atoms with E-state index in [0.29, 0.717) is 29.4 Å². The van der Waals surface area contributed by atoms with Crippen LogP contribution in [-0.2, 0) is 4.79 Å². The maximum absolute atomic E-state index is 12.8. The molecule has 1 saturated heterocycles. The summed E-state index contributed by atoms with van der Waals surface area (Å²) in [6.07, 6.45) is 3.23. The van der Waals surface area contributed by atoms with E-state index < -0.39 is 0 Å². The number of benzene rings is 2. The number of piperidine rings is 1. The van der Waals surface area contributed by atoms with Crippen LogP contribution in [0.15, 0.2) is 60.8 Å². The van der Waals surface area contributed by atoms with Crippen LogP contribution >= 0.6 is 11.6 Å². The normalized spacial score (nSPS) is 16.8. The zero-order valence-corrected chi connectivity index (χ0v) is 16.0. The van der Waals surface area contributed by atoms with Gasteiger partial charge in [-0.1, -0.05) is 29.8 Å². The Labute approximate surface area is 168 Å². The monoisotopic (exact) mass is 393 g/mol. The number of rotatable bonds is 3. The molecule has 3 aromatic rings. The van der Waals surface area contributed by atoms with Crippen LogP contribution in [0.1, 0.15) is 23.2 Å². The minimum absolute atomic E-state index is 0.0680. The number of hydrogen-bond acceptors (Lipinski definition) is 3. The summed E-state index contributed by atoms with van der Waals surface area (Å²) in [5.41, 5.74) is 2.15. The van der Waals surface area contributed by atoms with Gasteiger partial charge in [-0.2, -0.15) is 0 Å². The Morgan fingerprint density at radius 2 is 1.89 bits per heavy atom. The highest BCUT2D eigenvalue weighted by molar-refractivity contribution is 6.30. The highest BCUT2D eigenvalue weighted by Crippen LogP contribution is 2.22. The van der Waals surface area contributed by atoms with E-state index in [9.17, 15) is 9.59 Å². The number of nitrogens with zero attached hydrogens (tertiary/aromatic N) is 2. The van der Waals surface area contributed by atoms with E-state index in [1.54, 1.807) is 35.4 Å². The largest absolute Gasteiger partial charge is 0.338 e. The Morgan fingerprint density at radius 1 is 1.11 bits per heavy atom. The van der Waals surface area contributed by atoms with Gasteiger partial charge in [-0.25, -0.2) is 0 Å². The number of anilines is 1. The Kier molecular flexibility index (Phi) is 5.26. The zero-order chi connectivity index (χ0) is 19.5. The molecule has 1 fully saturated rings. The molecule has 142 valence electrons. The molecule has 0 spiro atoms. The molecular formula is C22H20ClN3O2. The fourth-order valence-electron chi connectivity index (χ4n) is 3.53. The van der Waals surface area contributed by atoms with Gasteiger partial charge < -0.3 is 10.2 Å². The van der Waals surface area contributed by atoms with Crippen molar-refractivity contribution in [2.45, 2.75) is 12.8 Å². The molecule has 2 aromatic carbocycles. The first kappa shape index (κ1) is 18.4. The second kappa shape index (κ2) is 7.98. The Morgan fingerprint density at radius 3 is 2.71 bits per heavy atom. The number of pyridine rings is 1. The average molecular weight is 394 g/mol. The molecule has 0 aliphatic carbocycles. The quantitative estimate of drug-likeness (QED) is 0.718. The van der Waals surface area contributed by atoms with Gasteiger partial charge in [0.25, 0.3) is 5.91 Å². The smallest absolute Gasteiger partial charge is 0.253 e. The van der Waals surface area contributed by atoms with E-state index in [4.69, 9.17) is 11.6 Å². The molecule has 2 heterocycles. The molecule has 0 radical (unpaired) electrons. The van der Waals surface area contributed by atoms with Crippen molar-refractivity contribution in [3.05, 3.63) is 71.4 Å². The van der Waals surface area contributed by atoms with Crippen molar-refractivity contribution in [3.63, 3.8) is 0 Å². The minimum atomic E-state index is -0.239. The molecule has 2 amide bonds. The van der Waals surface area contributed by atoms with E-state index in [2.05, 4.69) is 10.3 Å². The minimum Gasteiger partial charge on any atom is -0.338 e. The molecule has 5 nitrogen and oxygen atoms in total. The van der Waals surface area contributed by atoms with Crippen LogP contribution in [-0.4, -0.2) is 34.8 Å². The van der Waals surface area contributed by atoms with Crippen LogP contribution in [0, 0.1) is 5.92 Å². The van der Waals surface area contributed by atoms with Crippen LogP contribution < -0.4 is 5.32 Å². The van der Waals surface area contributed by atoms with Crippen molar-refractivity contribution >= 4 is 40.0 Å². The number of carbonyl (C=O) groups excluding carboxylic acids is 2. The van der Waals surface area contributed by atoms with Crippen molar-refractivity contribution in [2.75, 3.05) is 18.4 Å². The Bertz CT molecular complexity index is 1020. The second-order valence-corrected chi connectivity index (χ2v) is 7.44. The van der Waals surface area contributed by atoms with Crippen molar-refractivity contribution < 1.29 is 9.59 Å². The zero-order valence-electron chi connectivity index (χ0n) is 15.3. The van der Waals surface area contributed by atoms with E-state index in [1.165, 1.54) is 0 Å². The Hall–Kier alpha value is -2.92. The molecule has 1 N–H and O–H groups in total. The molecule has 0 bridgehead atoms. The molecule has 1 unspecified atom stereocenters. The van der Waals surface area contributed by atoms with Crippen LogP contribution in [0.2, 0.25) is 5.02 Å². The fourth-order valence-corrected chi connectivity index (χ4v) is 3.66. The van der Waals surface area contributed by atoms with Gasteiger partial charge in [0.1, 0.15) is 0 Å². The van der Waals surface area contributed by atoms with E-state index in [0.717, 1.165) is 23.7 Å². The summed E-state index contributed by atoms with van der Waals surface area (Å²) in [4.78, 5) is 31.6. The van der Waals surface area contributed by atoms with Crippen molar-refractivity contribution in [2.24, 2.45) is 5.92 Å². The van der Waals surface area contributed by atoms with Gasteiger partial charge in [-0.15, -0.1) is 0 Å². The van der Waals surface area contributed by atoms with Gasteiger partial charge in [-0.3, -0.25) is 14.6 Å². The lowest BCUT2D eigenvalue weighted by Gasteiger charge is -2.32. The first-order valence-corrected chi connectivity index (χ1v) is 9.68. The molecule has 4 rings (SSSR count). The molecular weight excluding hydrogens is 374 g/mol. The van der Waals surface area contributed by atoms with Crippen LogP contribution in [0.5, 0.6) is 0 Å². The van der Waals surface area contributed by atoms with Gasteiger partial charge in [0.05, 0.1) is 23.3 Å². The Balaban J connectivity index is 1.43. The van der Waals surface area contributed by atoms with Crippen LogP contribution in [0.3, 0.4) is 0 Å². The number of aromatic nitrogens is 1. The van der Waals surface area contributed by atoms with Gasteiger partial charge in [0.2, 0.25) is 5.91 Å². The van der Waals surface area contributed by atoms with Gasteiger partial charge >= 0.3 is 0 Å². The highest BCUT2D eigenvalue weighted by Gasteiger charge is 2.29. The van der Waals surface area contributed by atoms with Crippen LogP contribution in [0.4, 0.5) is 5.69 Å². The SMILES string of the molecule is O=C(Nc1cnc2ccccc2c1)C1CCCN(C(=O)c2ccc(Cl)cc2)C1. The number of para-hydroxylation sites is 1. The molecule has 1 aliphatic heterocycles. The summed E-state index contributed by atoms with van der Waals surface area (Å²) in [5, 5.41) is 4.52. The fraction of sp³-hybridized carbons (Fsp3) is 0.227. The van der Waals surface area contributed by atoms with E-state index in [1.807, 2.05) is 30.3 Å². The summed E-state index contributed by atoms with van der Waals surface area (Å²) in [6, 6.07) is 16.5. The van der Waals surface area contributed by atoms with Crippen LogP contribution in [0.25, 0.3) is 10.9 Å². The number of likely N-dealkylation sites (tertiary alicyclic amines) is 1. The lowest BCUT2D eigenvalue weighted by molar-refractivity contribution is -0.121. The number of hydrogen-bond donors (Lipinski definition) is 1. The predicted molar refractivity (Wildman–Crippen MR) is 110 cm³/mol. The third-order valence-corrected chi connectivity index (χ3v) is 5.28. The molecule has 1 aromatic heterocycles. The number of nitrogens with one attached hydrogen (secondary N) is 1. The third-order valence-electron chi connectivity index (χ3n) is 5.03. The highest BCUT2D eigenvalue weighted by atomic mass is 35.5. The van der Waals surface area contributed by atoms with E-state index >= 15 is 0 Å². The molecule has 28 heavy (non-hydrogen) atoms. The summed E-state index contributed by atoms with van der Waals surface area (Å²) in [5.74, 6) is -0.385. The summed E-state index contributed by atoms with van der Waals surface area (Å²) >= 11 is 5.90. The molecule has 1 aliphatic rings. The first-order chi connectivity index (χ1) is 13.6. The van der Waals surface area contributed by atoms with Gasteiger partial charge in [-0.05, 0) is 49.2 Å². The summed E-state index contributed by atoms with van der Waals surface area (Å²) < 4.78 is 0. The lowest BCUT2D eigenvalue weighted by atomic mass is 9.96.